The van der Waals surface area contributed by atoms with Gasteiger partial charge in [-0.2, -0.15) is 5.10 Å². The summed E-state index contributed by atoms with van der Waals surface area (Å²) in [6, 6.07) is 11.7. The second-order valence-electron chi connectivity index (χ2n) is 5.51. The summed E-state index contributed by atoms with van der Waals surface area (Å²) in [6.45, 7) is 4.96. The number of benzene rings is 1. The highest BCUT2D eigenvalue weighted by Gasteiger charge is 2.02. The molecule has 0 saturated heterocycles. The lowest BCUT2D eigenvalue weighted by Crippen LogP contribution is -2.39. The summed E-state index contributed by atoms with van der Waals surface area (Å²) >= 11 is 0. The molecule has 1 aromatic carbocycles. The Morgan fingerprint density at radius 1 is 1.15 bits per heavy atom. The molecule has 0 fully saturated rings. The van der Waals surface area contributed by atoms with Gasteiger partial charge in [0.2, 0.25) is 5.91 Å². The van der Waals surface area contributed by atoms with E-state index in [1.807, 2.05) is 54.2 Å². The van der Waals surface area contributed by atoms with Gasteiger partial charge in [0.25, 0.3) is 0 Å². The molecule has 1 heterocycles. The Morgan fingerprint density at radius 2 is 1.96 bits per heavy atom. The van der Waals surface area contributed by atoms with Crippen molar-refractivity contribution in [2.75, 3.05) is 19.6 Å². The zero-order valence-corrected chi connectivity index (χ0v) is 17.3. The number of halogens is 1. The number of amides is 1. The minimum Gasteiger partial charge on any atom is -0.357 e. The summed E-state index contributed by atoms with van der Waals surface area (Å²) in [4.78, 5) is 16.2. The summed E-state index contributed by atoms with van der Waals surface area (Å²) in [6.07, 6.45) is 4.63. The lowest BCUT2D eigenvalue weighted by Gasteiger charge is -2.11. The Hall–Kier alpha value is -2.10. The van der Waals surface area contributed by atoms with Crippen molar-refractivity contribution in [2.24, 2.45) is 4.99 Å². The molecule has 7 nitrogen and oxygen atoms in total. The Balaban J connectivity index is 0.00000338. The molecule has 1 amide bonds. The van der Waals surface area contributed by atoms with Crippen LogP contribution in [0.4, 0.5) is 0 Å². The molecular formula is C18H27IN6O. The molecule has 0 aliphatic heterocycles. The number of carbonyl (C=O) groups is 1. The van der Waals surface area contributed by atoms with Crippen LogP contribution in [0.5, 0.6) is 0 Å². The highest BCUT2D eigenvalue weighted by Crippen LogP contribution is 1.96. The third-order valence-electron chi connectivity index (χ3n) is 3.47. The predicted molar refractivity (Wildman–Crippen MR) is 115 cm³/mol. The zero-order chi connectivity index (χ0) is 17.7. The second kappa shape index (κ2) is 13.2. The van der Waals surface area contributed by atoms with Crippen molar-refractivity contribution < 1.29 is 4.79 Å². The number of aromatic nitrogens is 2. The molecule has 2 rings (SSSR count). The van der Waals surface area contributed by atoms with E-state index in [0.717, 1.165) is 31.6 Å². The molecule has 0 aliphatic rings. The molecule has 8 heteroatoms. The Bertz CT molecular complexity index is 645. The van der Waals surface area contributed by atoms with Crippen LogP contribution in [0.1, 0.15) is 18.9 Å². The number of hydrogen-bond donors (Lipinski definition) is 3. The Labute approximate surface area is 171 Å². The van der Waals surface area contributed by atoms with Crippen LogP contribution in [-0.4, -0.2) is 41.3 Å². The van der Waals surface area contributed by atoms with Crippen molar-refractivity contribution in [3.63, 3.8) is 0 Å². The third-order valence-corrected chi connectivity index (χ3v) is 3.47. The normalized spacial score (nSPS) is 10.7. The summed E-state index contributed by atoms with van der Waals surface area (Å²) in [5, 5.41) is 13.4. The first-order chi connectivity index (χ1) is 12.3. The van der Waals surface area contributed by atoms with Crippen LogP contribution in [0, 0.1) is 0 Å². The standard InChI is InChI=1S/C18H26N6O.HI/c1-2-19-18(20-10-6-12-24-13-7-11-23-24)22-15-17(25)21-14-16-8-4-3-5-9-16;/h3-5,7-9,11,13H,2,6,10,12,14-15H2,1H3,(H,21,25)(H2,19,20,22);1H. The van der Waals surface area contributed by atoms with E-state index in [1.54, 1.807) is 6.20 Å². The van der Waals surface area contributed by atoms with Gasteiger partial charge in [-0.15, -0.1) is 24.0 Å². The molecular weight excluding hydrogens is 443 g/mol. The van der Waals surface area contributed by atoms with E-state index in [-0.39, 0.29) is 36.4 Å². The SMILES string of the molecule is CCNC(=NCC(=O)NCc1ccccc1)NCCCn1cccn1.I. The maximum atomic E-state index is 11.9. The number of nitrogens with zero attached hydrogens (tertiary/aromatic N) is 3. The van der Waals surface area contributed by atoms with E-state index in [4.69, 9.17) is 0 Å². The fourth-order valence-electron chi connectivity index (χ4n) is 2.23. The molecule has 2 aromatic rings. The van der Waals surface area contributed by atoms with E-state index >= 15 is 0 Å². The smallest absolute Gasteiger partial charge is 0.242 e. The van der Waals surface area contributed by atoms with Gasteiger partial charge in [0.05, 0.1) is 0 Å². The molecule has 0 unspecified atom stereocenters. The number of carbonyl (C=O) groups excluding carboxylic acids is 1. The van der Waals surface area contributed by atoms with E-state index in [2.05, 4.69) is 26.0 Å². The average Bonchev–Trinajstić information content (AvgIpc) is 3.15. The van der Waals surface area contributed by atoms with Crippen LogP contribution in [0.2, 0.25) is 0 Å². The fraction of sp³-hybridized carbons (Fsp3) is 0.389. The Morgan fingerprint density at radius 3 is 2.65 bits per heavy atom. The molecule has 0 spiro atoms. The van der Waals surface area contributed by atoms with Gasteiger partial charge >= 0.3 is 0 Å². The van der Waals surface area contributed by atoms with Crippen molar-refractivity contribution in [1.82, 2.24) is 25.7 Å². The lowest BCUT2D eigenvalue weighted by molar-refractivity contribution is -0.119. The van der Waals surface area contributed by atoms with E-state index in [0.29, 0.717) is 12.5 Å². The predicted octanol–water partition coefficient (Wildman–Crippen LogP) is 1.76. The van der Waals surface area contributed by atoms with E-state index < -0.39 is 0 Å². The molecule has 0 atom stereocenters. The van der Waals surface area contributed by atoms with E-state index in [1.165, 1.54) is 0 Å². The summed E-state index contributed by atoms with van der Waals surface area (Å²) in [7, 11) is 0. The summed E-state index contributed by atoms with van der Waals surface area (Å²) in [5.74, 6) is 0.551. The number of aliphatic imine (C=N–C) groups is 1. The molecule has 3 N–H and O–H groups in total. The molecule has 0 radical (unpaired) electrons. The molecule has 0 saturated carbocycles. The van der Waals surface area contributed by atoms with Gasteiger partial charge in [-0.25, -0.2) is 4.99 Å². The molecule has 142 valence electrons. The summed E-state index contributed by atoms with van der Waals surface area (Å²) in [5.41, 5.74) is 1.07. The van der Waals surface area contributed by atoms with E-state index in [9.17, 15) is 4.79 Å². The largest absolute Gasteiger partial charge is 0.357 e. The molecule has 1 aromatic heterocycles. The maximum Gasteiger partial charge on any atom is 0.242 e. The minimum absolute atomic E-state index is 0. The highest BCUT2D eigenvalue weighted by molar-refractivity contribution is 14.0. The van der Waals surface area contributed by atoms with Crippen LogP contribution >= 0.6 is 24.0 Å². The van der Waals surface area contributed by atoms with Crippen LogP contribution < -0.4 is 16.0 Å². The topological polar surface area (TPSA) is 83.3 Å². The van der Waals surface area contributed by atoms with Crippen LogP contribution in [0.25, 0.3) is 0 Å². The quantitative estimate of drug-likeness (QED) is 0.226. The number of rotatable bonds is 9. The van der Waals surface area contributed by atoms with Crippen LogP contribution in [-0.2, 0) is 17.9 Å². The number of aryl methyl sites for hydroxylation is 1. The highest BCUT2D eigenvalue weighted by atomic mass is 127. The molecule has 0 aliphatic carbocycles. The number of nitrogens with one attached hydrogen (secondary N) is 3. The maximum absolute atomic E-state index is 11.9. The van der Waals surface area contributed by atoms with Gasteiger partial charge in [0.1, 0.15) is 6.54 Å². The van der Waals surface area contributed by atoms with Crippen molar-refractivity contribution in [3.8, 4) is 0 Å². The minimum atomic E-state index is -0.0994. The second-order valence-corrected chi connectivity index (χ2v) is 5.51. The molecule has 26 heavy (non-hydrogen) atoms. The Kier molecular flexibility index (Phi) is 11.1. The van der Waals surface area contributed by atoms with Gasteiger partial charge in [-0.05, 0) is 25.0 Å². The van der Waals surface area contributed by atoms with Gasteiger partial charge in [0.15, 0.2) is 5.96 Å². The fourth-order valence-corrected chi connectivity index (χ4v) is 2.23. The first-order valence-electron chi connectivity index (χ1n) is 8.58. The number of hydrogen-bond acceptors (Lipinski definition) is 3. The van der Waals surface area contributed by atoms with Gasteiger partial charge in [-0.1, -0.05) is 30.3 Å². The van der Waals surface area contributed by atoms with Crippen molar-refractivity contribution in [3.05, 3.63) is 54.4 Å². The van der Waals surface area contributed by atoms with Crippen molar-refractivity contribution >= 4 is 35.8 Å². The summed E-state index contributed by atoms with van der Waals surface area (Å²) < 4.78 is 1.89. The zero-order valence-electron chi connectivity index (χ0n) is 15.0. The first kappa shape index (κ1) is 21.9. The van der Waals surface area contributed by atoms with Crippen LogP contribution in [0.3, 0.4) is 0 Å². The van der Waals surface area contributed by atoms with Crippen LogP contribution in [0.15, 0.2) is 53.8 Å². The first-order valence-corrected chi connectivity index (χ1v) is 8.58. The lowest BCUT2D eigenvalue weighted by atomic mass is 10.2. The third kappa shape index (κ3) is 8.84. The van der Waals surface area contributed by atoms with Gasteiger partial charge < -0.3 is 16.0 Å². The van der Waals surface area contributed by atoms with Crippen molar-refractivity contribution in [1.29, 1.82) is 0 Å². The molecule has 0 bridgehead atoms. The van der Waals surface area contributed by atoms with Gasteiger partial charge in [0, 0.05) is 38.6 Å². The van der Waals surface area contributed by atoms with Crippen molar-refractivity contribution in [2.45, 2.75) is 26.4 Å². The number of guanidine groups is 1. The monoisotopic (exact) mass is 470 g/mol. The van der Waals surface area contributed by atoms with Gasteiger partial charge in [-0.3, -0.25) is 9.48 Å². The average molecular weight is 470 g/mol.